The Morgan fingerprint density at radius 3 is 2.73 bits per heavy atom. The number of carboxylic acid groups (broad SMARTS) is 1. The third-order valence-corrected chi connectivity index (χ3v) is 3.15. The van der Waals surface area contributed by atoms with Gasteiger partial charge in [-0.05, 0) is 24.6 Å². The Morgan fingerprint density at radius 1 is 1.53 bits per heavy atom. The zero-order chi connectivity index (χ0) is 11.0. The van der Waals surface area contributed by atoms with Crippen molar-refractivity contribution < 1.29 is 14.4 Å². The van der Waals surface area contributed by atoms with Crippen molar-refractivity contribution in [3.05, 3.63) is 21.6 Å². The summed E-state index contributed by atoms with van der Waals surface area (Å²) in [5, 5.41) is 13.9. The van der Waals surface area contributed by atoms with Crippen LogP contribution in [0.5, 0.6) is 0 Å². The minimum absolute atomic E-state index is 0.259. The predicted molar refractivity (Wildman–Crippen MR) is 54.0 cm³/mol. The highest BCUT2D eigenvalue weighted by Gasteiger charge is 2.17. The number of aromatic nitrogens is 2. The molecule has 0 bridgehead atoms. The number of aryl methyl sites for hydroxylation is 1. The van der Waals surface area contributed by atoms with E-state index < -0.39 is 5.97 Å². The first-order valence-corrected chi connectivity index (χ1v) is 5.09. The summed E-state index contributed by atoms with van der Waals surface area (Å²) < 4.78 is 4.87. The SMILES string of the molecule is Cc1scc(-c2nc(C(=O)O)no2)c1C. The van der Waals surface area contributed by atoms with Crippen molar-refractivity contribution in [1.82, 2.24) is 10.1 Å². The van der Waals surface area contributed by atoms with Gasteiger partial charge in [-0.25, -0.2) is 4.79 Å². The van der Waals surface area contributed by atoms with Gasteiger partial charge in [0.15, 0.2) is 0 Å². The molecule has 5 nitrogen and oxygen atoms in total. The number of thiophene rings is 1. The largest absolute Gasteiger partial charge is 0.475 e. The van der Waals surface area contributed by atoms with Gasteiger partial charge in [-0.2, -0.15) is 4.98 Å². The van der Waals surface area contributed by atoms with E-state index in [0.717, 1.165) is 16.0 Å². The minimum atomic E-state index is -1.19. The molecule has 0 aliphatic carbocycles. The summed E-state index contributed by atoms with van der Waals surface area (Å²) in [5.41, 5.74) is 1.85. The van der Waals surface area contributed by atoms with Crippen LogP contribution in [0.4, 0.5) is 0 Å². The molecule has 0 radical (unpaired) electrons. The van der Waals surface area contributed by atoms with Crippen molar-refractivity contribution in [1.29, 1.82) is 0 Å². The number of rotatable bonds is 2. The van der Waals surface area contributed by atoms with Crippen molar-refractivity contribution in [3.8, 4) is 11.5 Å². The van der Waals surface area contributed by atoms with E-state index in [9.17, 15) is 4.79 Å². The highest BCUT2D eigenvalue weighted by atomic mass is 32.1. The third kappa shape index (κ3) is 1.63. The molecule has 0 saturated heterocycles. The van der Waals surface area contributed by atoms with Gasteiger partial charge < -0.3 is 9.63 Å². The highest BCUT2D eigenvalue weighted by molar-refractivity contribution is 7.10. The van der Waals surface area contributed by atoms with Crippen molar-refractivity contribution >= 4 is 17.3 Å². The van der Waals surface area contributed by atoms with Crippen LogP contribution < -0.4 is 0 Å². The summed E-state index contributed by atoms with van der Waals surface area (Å²) in [5.74, 6) is -1.24. The fourth-order valence-electron chi connectivity index (χ4n) is 1.14. The molecular formula is C9H8N2O3S. The van der Waals surface area contributed by atoms with Crippen molar-refractivity contribution in [2.45, 2.75) is 13.8 Å². The molecule has 0 atom stereocenters. The smallest absolute Gasteiger partial charge is 0.377 e. The van der Waals surface area contributed by atoms with E-state index in [2.05, 4.69) is 10.1 Å². The summed E-state index contributed by atoms with van der Waals surface area (Å²) in [7, 11) is 0. The summed E-state index contributed by atoms with van der Waals surface area (Å²) in [6, 6.07) is 0. The summed E-state index contributed by atoms with van der Waals surface area (Å²) in [4.78, 5) is 15.5. The molecule has 0 saturated carbocycles. The van der Waals surface area contributed by atoms with Crippen LogP contribution in [-0.2, 0) is 0 Å². The molecule has 0 unspecified atom stereocenters. The van der Waals surface area contributed by atoms with E-state index in [0.29, 0.717) is 0 Å². The van der Waals surface area contributed by atoms with E-state index in [-0.39, 0.29) is 11.7 Å². The maximum atomic E-state index is 10.6. The Kier molecular flexibility index (Phi) is 2.28. The number of nitrogens with zero attached hydrogens (tertiary/aromatic N) is 2. The maximum absolute atomic E-state index is 10.6. The number of carbonyl (C=O) groups is 1. The molecular weight excluding hydrogens is 216 g/mol. The van der Waals surface area contributed by atoms with Gasteiger partial charge >= 0.3 is 5.97 Å². The summed E-state index contributed by atoms with van der Waals surface area (Å²) >= 11 is 1.57. The van der Waals surface area contributed by atoms with Gasteiger partial charge in [0.25, 0.3) is 11.7 Å². The first kappa shape index (κ1) is 9.85. The predicted octanol–water partition coefficient (Wildman–Crippen LogP) is 2.11. The normalized spacial score (nSPS) is 10.5. The first-order valence-electron chi connectivity index (χ1n) is 4.21. The molecule has 0 aliphatic heterocycles. The molecule has 0 spiro atoms. The van der Waals surface area contributed by atoms with Crippen LogP contribution in [0.15, 0.2) is 9.90 Å². The van der Waals surface area contributed by atoms with E-state index >= 15 is 0 Å². The van der Waals surface area contributed by atoms with Crippen LogP contribution in [0.2, 0.25) is 0 Å². The van der Waals surface area contributed by atoms with Gasteiger partial charge in [-0.15, -0.1) is 11.3 Å². The zero-order valence-corrected chi connectivity index (χ0v) is 8.96. The second kappa shape index (κ2) is 3.47. The molecule has 2 aromatic heterocycles. The van der Waals surface area contributed by atoms with Crippen LogP contribution in [0.3, 0.4) is 0 Å². The number of carboxylic acids is 1. The van der Waals surface area contributed by atoms with E-state index in [4.69, 9.17) is 9.63 Å². The molecule has 78 valence electrons. The van der Waals surface area contributed by atoms with E-state index in [1.54, 1.807) is 11.3 Å². The first-order chi connectivity index (χ1) is 7.09. The van der Waals surface area contributed by atoms with Crippen molar-refractivity contribution in [3.63, 3.8) is 0 Å². The van der Waals surface area contributed by atoms with Crippen molar-refractivity contribution in [2.75, 3.05) is 0 Å². The molecule has 0 fully saturated rings. The molecule has 15 heavy (non-hydrogen) atoms. The molecule has 1 N–H and O–H groups in total. The molecule has 6 heteroatoms. The topological polar surface area (TPSA) is 76.2 Å². The zero-order valence-electron chi connectivity index (χ0n) is 8.14. The quantitative estimate of drug-likeness (QED) is 0.845. The molecule has 2 rings (SSSR count). The second-order valence-corrected chi connectivity index (χ2v) is 4.14. The Hall–Kier alpha value is -1.69. The number of hydrogen-bond acceptors (Lipinski definition) is 5. The fraction of sp³-hybridized carbons (Fsp3) is 0.222. The fourth-order valence-corrected chi connectivity index (χ4v) is 2.00. The average Bonchev–Trinajstić information content (AvgIpc) is 2.76. The van der Waals surface area contributed by atoms with Gasteiger partial charge in [0, 0.05) is 10.3 Å². The van der Waals surface area contributed by atoms with Gasteiger partial charge in [0.2, 0.25) is 0 Å². The minimum Gasteiger partial charge on any atom is -0.475 e. The molecule has 0 aliphatic rings. The Balaban J connectivity index is 2.46. The monoisotopic (exact) mass is 224 g/mol. The summed E-state index contributed by atoms with van der Waals surface area (Å²) in [6.07, 6.45) is 0. The number of aromatic carboxylic acids is 1. The molecule has 2 aromatic rings. The lowest BCUT2D eigenvalue weighted by Crippen LogP contribution is -1.98. The Morgan fingerprint density at radius 2 is 2.27 bits per heavy atom. The van der Waals surface area contributed by atoms with Crippen molar-refractivity contribution in [2.24, 2.45) is 0 Å². The van der Waals surface area contributed by atoms with Crippen LogP contribution in [0.25, 0.3) is 11.5 Å². The highest BCUT2D eigenvalue weighted by Crippen LogP contribution is 2.29. The van der Waals surface area contributed by atoms with Crippen LogP contribution >= 0.6 is 11.3 Å². The second-order valence-electron chi connectivity index (χ2n) is 3.06. The Bertz CT molecular complexity index is 515. The van der Waals surface area contributed by atoms with Crippen LogP contribution in [-0.4, -0.2) is 21.2 Å². The lowest BCUT2D eigenvalue weighted by atomic mass is 10.2. The molecule has 0 amide bonds. The van der Waals surface area contributed by atoms with E-state index in [1.165, 1.54) is 0 Å². The summed E-state index contributed by atoms with van der Waals surface area (Å²) in [6.45, 7) is 3.92. The van der Waals surface area contributed by atoms with Crippen LogP contribution in [0, 0.1) is 13.8 Å². The third-order valence-electron chi connectivity index (χ3n) is 2.13. The molecule has 0 aromatic carbocycles. The maximum Gasteiger partial charge on any atom is 0.377 e. The van der Waals surface area contributed by atoms with Gasteiger partial charge in [-0.3, -0.25) is 0 Å². The van der Waals surface area contributed by atoms with E-state index in [1.807, 2.05) is 19.2 Å². The lowest BCUT2D eigenvalue weighted by molar-refractivity contribution is 0.0680. The van der Waals surface area contributed by atoms with Gasteiger partial charge in [0.05, 0.1) is 5.56 Å². The molecule has 2 heterocycles. The standard InChI is InChI=1S/C9H8N2O3S/c1-4-5(2)15-3-6(4)8-10-7(9(12)13)11-14-8/h3H,1-2H3,(H,12,13). The van der Waals surface area contributed by atoms with Gasteiger partial charge in [0.1, 0.15) is 0 Å². The Labute approximate surface area is 89.4 Å². The van der Waals surface area contributed by atoms with Crippen LogP contribution in [0.1, 0.15) is 21.1 Å². The lowest BCUT2D eigenvalue weighted by Gasteiger charge is -1.91. The van der Waals surface area contributed by atoms with Gasteiger partial charge in [-0.1, -0.05) is 0 Å². The number of hydrogen-bond donors (Lipinski definition) is 1. The average molecular weight is 224 g/mol.